The smallest absolute Gasteiger partial charge is 0.0600 e. The predicted octanol–water partition coefficient (Wildman–Crippen LogP) is 3.06. The van der Waals surface area contributed by atoms with Crippen LogP contribution in [0.4, 0.5) is 11.4 Å². The van der Waals surface area contributed by atoms with Crippen LogP contribution in [0.1, 0.15) is 25.8 Å². The zero-order valence-corrected chi connectivity index (χ0v) is 10.5. The first-order chi connectivity index (χ1) is 7.58. The van der Waals surface area contributed by atoms with Gasteiger partial charge in [-0.1, -0.05) is 19.9 Å². The lowest BCUT2D eigenvalue weighted by molar-refractivity contribution is 0.324. The zero-order valence-electron chi connectivity index (χ0n) is 10.5. The Kier molecular flexibility index (Phi) is 3.08. The Morgan fingerprint density at radius 1 is 1.25 bits per heavy atom. The molecule has 1 heterocycles. The van der Waals surface area contributed by atoms with Gasteiger partial charge in [0.2, 0.25) is 0 Å². The van der Waals surface area contributed by atoms with Crippen LogP contribution in [0.2, 0.25) is 0 Å². The topological polar surface area (TPSA) is 29.3 Å². The quantitative estimate of drug-likeness (QED) is 0.734. The summed E-state index contributed by atoms with van der Waals surface area (Å²) in [6.07, 6.45) is 1.27. The van der Waals surface area contributed by atoms with E-state index < -0.39 is 0 Å². The molecule has 0 bridgehead atoms. The van der Waals surface area contributed by atoms with Crippen molar-refractivity contribution in [3.8, 4) is 0 Å². The highest BCUT2D eigenvalue weighted by atomic mass is 15.1. The van der Waals surface area contributed by atoms with E-state index in [0.29, 0.717) is 0 Å². The van der Waals surface area contributed by atoms with Gasteiger partial charge in [0.25, 0.3) is 0 Å². The second-order valence-corrected chi connectivity index (χ2v) is 5.25. The molecule has 2 N–H and O–H groups in total. The Morgan fingerprint density at radius 2 is 2.00 bits per heavy atom. The molecule has 0 aromatic heterocycles. The van der Waals surface area contributed by atoms with Gasteiger partial charge >= 0.3 is 0 Å². The summed E-state index contributed by atoms with van der Waals surface area (Å²) >= 11 is 0. The van der Waals surface area contributed by atoms with E-state index in [1.807, 2.05) is 0 Å². The van der Waals surface area contributed by atoms with Crippen molar-refractivity contribution in [1.29, 1.82) is 0 Å². The van der Waals surface area contributed by atoms with E-state index in [-0.39, 0.29) is 0 Å². The van der Waals surface area contributed by atoms with Gasteiger partial charge in [-0.05, 0) is 42.9 Å². The molecule has 0 saturated carbocycles. The zero-order chi connectivity index (χ0) is 11.7. The summed E-state index contributed by atoms with van der Waals surface area (Å²) in [6.45, 7) is 9.04. The Labute approximate surface area is 98.4 Å². The highest BCUT2D eigenvalue weighted by Gasteiger charge is 2.23. The number of hydrogen-bond donors (Lipinski definition) is 1. The molecule has 0 aliphatic carbocycles. The van der Waals surface area contributed by atoms with Gasteiger partial charge < -0.3 is 10.6 Å². The van der Waals surface area contributed by atoms with Crippen molar-refractivity contribution < 1.29 is 0 Å². The highest BCUT2D eigenvalue weighted by Crippen LogP contribution is 2.30. The molecular formula is C14H22N2. The van der Waals surface area contributed by atoms with Gasteiger partial charge in [-0.2, -0.15) is 0 Å². The van der Waals surface area contributed by atoms with Crippen molar-refractivity contribution in [2.75, 3.05) is 23.7 Å². The second-order valence-electron chi connectivity index (χ2n) is 5.25. The van der Waals surface area contributed by atoms with Crippen LogP contribution in [0.15, 0.2) is 18.2 Å². The molecule has 2 heteroatoms. The second kappa shape index (κ2) is 4.36. The van der Waals surface area contributed by atoms with Crippen LogP contribution >= 0.6 is 0 Å². The van der Waals surface area contributed by atoms with Gasteiger partial charge in [0.05, 0.1) is 11.4 Å². The van der Waals surface area contributed by atoms with E-state index in [9.17, 15) is 0 Å². The van der Waals surface area contributed by atoms with Gasteiger partial charge in [0.1, 0.15) is 0 Å². The van der Waals surface area contributed by atoms with E-state index in [4.69, 9.17) is 5.73 Å². The van der Waals surface area contributed by atoms with Crippen LogP contribution in [-0.4, -0.2) is 13.1 Å². The lowest BCUT2D eigenvalue weighted by atomic mass is 9.88. The van der Waals surface area contributed by atoms with E-state index in [0.717, 1.165) is 30.6 Å². The molecular weight excluding hydrogens is 196 g/mol. The van der Waals surface area contributed by atoms with Crippen molar-refractivity contribution >= 4 is 11.4 Å². The Bertz CT molecular complexity index is 373. The lowest BCUT2D eigenvalue weighted by Gasteiger charge is -2.37. The Morgan fingerprint density at radius 3 is 2.62 bits per heavy atom. The Balaban J connectivity index is 2.18. The molecule has 0 amide bonds. The van der Waals surface area contributed by atoms with E-state index in [2.05, 4.69) is 43.9 Å². The van der Waals surface area contributed by atoms with Gasteiger partial charge in [0.15, 0.2) is 0 Å². The molecule has 1 saturated heterocycles. The number of hydrogen-bond acceptors (Lipinski definition) is 2. The number of nitrogens with zero attached hydrogens (tertiary/aromatic N) is 1. The molecule has 1 aromatic carbocycles. The van der Waals surface area contributed by atoms with Crippen molar-refractivity contribution in [2.24, 2.45) is 11.8 Å². The Hall–Kier alpha value is -1.18. The molecule has 1 aliphatic heterocycles. The minimum Gasteiger partial charge on any atom is -0.397 e. The van der Waals surface area contributed by atoms with Crippen LogP contribution < -0.4 is 10.6 Å². The van der Waals surface area contributed by atoms with Gasteiger partial charge in [0, 0.05) is 13.1 Å². The lowest BCUT2D eigenvalue weighted by Crippen LogP contribution is -2.38. The SMILES string of the molecule is Cc1ccc(N2CCC(C)C(C)C2)c(N)c1. The molecule has 16 heavy (non-hydrogen) atoms. The first-order valence-electron chi connectivity index (χ1n) is 6.19. The average molecular weight is 218 g/mol. The van der Waals surface area contributed by atoms with Crippen LogP contribution in [0.3, 0.4) is 0 Å². The first-order valence-corrected chi connectivity index (χ1v) is 6.19. The standard InChI is InChI=1S/C14H22N2/c1-10-4-5-14(13(15)8-10)16-7-6-11(2)12(3)9-16/h4-5,8,11-12H,6-7,9,15H2,1-3H3. The fourth-order valence-corrected chi connectivity index (χ4v) is 2.44. The molecule has 1 aliphatic rings. The van der Waals surface area contributed by atoms with E-state index in [1.165, 1.54) is 17.7 Å². The van der Waals surface area contributed by atoms with Crippen LogP contribution in [-0.2, 0) is 0 Å². The van der Waals surface area contributed by atoms with Gasteiger partial charge in [-0.3, -0.25) is 0 Å². The number of nitrogens with two attached hydrogens (primary N) is 1. The van der Waals surface area contributed by atoms with Gasteiger partial charge in [-0.15, -0.1) is 0 Å². The molecule has 2 nitrogen and oxygen atoms in total. The number of anilines is 2. The minimum absolute atomic E-state index is 0.759. The molecule has 1 fully saturated rings. The average Bonchev–Trinajstić information content (AvgIpc) is 2.22. The normalized spacial score (nSPS) is 25.8. The van der Waals surface area contributed by atoms with Crippen molar-refractivity contribution in [3.63, 3.8) is 0 Å². The number of benzene rings is 1. The fourth-order valence-electron chi connectivity index (χ4n) is 2.44. The van der Waals surface area contributed by atoms with E-state index >= 15 is 0 Å². The monoisotopic (exact) mass is 218 g/mol. The molecule has 0 radical (unpaired) electrons. The van der Waals surface area contributed by atoms with Gasteiger partial charge in [-0.25, -0.2) is 0 Å². The maximum absolute atomic E-state index is 6.09. The fraction of sp³-hybridized carbons (Fsp3) is 0.571. The number of rotatable bonds is 1. The van der Waals surface area contributed by atoms with Crippen LogP contribution in [0, 0.1) is 18.8 Å². The summed E-state index contributed by atoms with van der Waals surface area (Å²) in [4.78, 5) is 2.43. The van der Waals surface area contributed by atoms with Crippen LogP contribution in [0.5, 0.6) is 0 Å². The van der Waals surface area contributed by atoms with Crippen molar-refractivity contribution in [2.45, 2.75) is 27.2 Å². The third-order valence-electron chi connectivity index (χ3n) is 3.86. The largest absolute Gasteiger partial charge is 0.397 e. The van der Waals surface area contributed by atoms with Crippen molar-refractivity contribution in [3.05, 3.63) is 23.8 Å². The minimum atomic E-state index is 0.759. The number of piperidine rings is 1. The molecule has 88 valence electrons. The third kappa shape index (κ3) is 2.16. The van der Waals surface area contributed by atoms with E-state index in [1.54, 1.807) is 0 Å². The first kappa shape index (κ1) is 11.3. The molecule has 2 atom stereocenters. The maximum atomic E-state index is 6.09. The summed E-state index contributed by atoms with van der Waals surface area (Å²) in [5, 5.41) is 0. The molecule has 2 unspecified atom stereocenters. The maximum Gasteiger partial charge on any atom is 0.0600 e. The summed E-state index contributed by atoms with van der Waals surface area (Å²) in [5.74, 6) is 1.59. The molecule has 1 aromatic rings. The van der Waals surface area contributed by atoms with Crippen LogP contribution in [0.25, 0.3) is 0 Å². The summed E-state index contributed by atoms with van der Waals surface area (Å²) in [6, 6.07) is 6.37. The number of nitrogen functional groups attached to an aromatic ring is 1. The summed E-state index contributed by atoms with van der Waals surface area (Å²) < 4.78 is 0. The summed E-state index contributed by atoms with van der Waals surface area (Å²) in [7, 11) is 0. The molecule has 0 spiro atoms. The molecule has 2 rings (SSSR count). The third-order valence-corrected chi connectivity index (χ3v) is 3.86. The van der Waals surface area contributed by atoms with Crippen molar-refractivity contribution in [1.82, 2.24) is 0 Å². The summed E-state index contributed by atoms with van der Waals surface area (Å²) in [5.41, 5.74) is 9.46. The highest BCUT2D eigenvalue weighted by molar-refractivity contribution is 5.68. The number of aryl methyl sites for hydroxylation is 1. The predicted molar refractivity (Wildman–Crippen MR) is 70.7 cm³/mol.